The Labute approximate surface area is 180 Å². The zero-order valence-electron chi connectivity index (χ0n) is 15.3. The summed E-state index contributed by atoms with van der Waals surface area (Å²) in [5.41, 5.74) is 7.87. The molecule has 0 heterocycles. The van der Waals surface area contributed by atoms with Gasteiger partial charge < -0.3 is 10.8 Å². The predicted octanol–water partition coefficient (Wildman–Crippen LogP) is 4.98. The fraction of sp³-hybridized carbons (Fsp3) is 0.105. The van der Waals surface area contributed by atoms with Gasteiger partial charge in [0.2, 0.25) is 3.79 Å². The van der Waals surface area contributed by atoms with Gasteiger partial charge in [0, 0.05) is 33.7 Å². The molecule has 0 aliphatic rings. The number of rotatable bonds is 4. The van der Waals surface area contributed by atoms with E-state index in [0.29, 0.717) is 16.6 Å². The number of azo groups is 1. The maximum absolute atomic E-state index is 11.9. The second-order valence-electron chi connectivity index (χ2n) is 6.45. The first-order valence-electron chi connectivity index (χ1n) is 8.24. The number of carbonyl (C=O) groups is 1. The van der Waals surface area contributed by atoms with Gasteiger partial charge in [-0.3, -0.25) is 9.35 Å². The second-order valence-corrected chi connectivity index (χ2v) is 8.82. The number of nitrogen functional groups attached to an aromatic ring is 1. The standard InChI is InChI=1S/C19H16IN3O5S/c1-9-5-14(19(20)25)15(6-10(9)2)22-23-17-16(29(26,27)28)8-11-7-12(21)3-4-13(11)18(17)24/h3-8,24H,21H2,1-2H3,(H,26,27,28). The van der Waals surface area contributed by atoms with E-state index in [0.717, 1.165) is 17.2 Å². The number of nitrogens with zero attached hydrogens (tertiary/aromatic N) is 2. The fourth-order valence-corrected chi connectivity index (χ4v) is 3.90. The van der Waals surface area contributed by atoms with Gasteiger partial charge in [0.1, 0.15) is 10.6 Å². The highest BCUT2D eigenvalue weighted by molar-refractivity contribution is 14.1. The van der Waals surface area contributed by atoms with E-state index >= 15 is 0 Å². The van der Waals surface area contributed by atoms with Gasteiger partial charge in [-0.25, -0.2) is 0 Å². The van der Waals surface area contributed by atoms with Crippen molar-refractivity contribution in [1.29, 1.82) is 0 Å². The number of nitrogens with two attached hydrogens (primary N) is 1. The number of hydrogen-bond donors (Lipinski definition) is 3. The van der Waals surface area contributed by atoms with Crippen molar-refractivity contribution >= 4 is 64.3 Å². The Morgan fingerprint density at radius 2 is 1.72 bits per heavy atom. The molecule has 29 heavy (non-hydrogen) atoms. The zero-order valence-corrected chi connectivity index (χ0v) is 18.3. The number of benzene rings is 3. The van der Waals surface area contributed by atoms with E-state index in [-0.39, 0.29) is 14.9 Å². The van der Waals surface area contributed by atoms with E-state index in [9.17, 15) is 22.9 Å². The van der Waals surface area contributed by atoms with Crippen LogP contribution in [0.5, 0.6) is 5.75 Å². The molecule has 8 nitrogen and oxygen atoms in total. The normalized spacial score (nSPS) is 12.0. The Balaban J connectivity index is 2.28. The fourth-order valence-electron chi connectivity index (χ4n) is 2.81. The number of aromatic hydroxyl groups is 1. The summed E-state index contributed by atoms with van der Waals surface area (Å²) in [4.78, 5) is 11.3. The number of hydrogen-bond acceptors (Lipinski definition) is 7. The van der Waals surface area contributed by atoms with Crippen molar-refractivity contribution in [3.8, 4) is 5.75 Å². The third-order valence-electron chi connectivity index (χ3n) is 4.43. The van der Waals surface area contributed by atoms with Crippen molar-refractivity contribution in [3.63, 3.8) is 0 Å². The molecule has 0 amide bonds. The van der Waals surface area contributed by atoms with Gasteiger partial charge in [-0.15, -0.1) is 10.2 Å². The third-order valence-corrected chi connectivity index (χ3v) is 5.88. The Hall–Kier alpha value is -2.57. The molecule has 4 N–H and O–H groups in total. The monoisotopic (exact) mass is 525 g/mol. The third kappa shape index (κ3) is 4.23. The molecule has 0 radical (unpaired) electrons. The molecule has 0 spiro atoms. The summed E-state index contributed by atoms with van der Waals surface area (Å²) >= 11 is 1.62. The summed E-state index contributed by atoms with van der Waals surface area (Å²) in [5.74, 6) is -0.481. The van der Waals surface area contributed by atoms with E-state index in [1.54, 1.807) is 34.7 Å². The topological polar surface area (TPSA) is 142 Å². The lowest BCUT2D eigenvalue weighted by molar-refractivity contribution is 0.110. The molecule has 0 saturated heterocycles. The van der Waals surface area contributed by atoms with E-state index in [4.69, 9.17) is 5.73 Å². The van der Waals surface area contributed by atoms with Crippen molar-refractivity contribution < 1.29 is 22.9 Å². The van der Waals surface area contributed by atoms with Crippen LogP contribution in [0.1, 0.15) is 21.5 Å². The molecule has 0 bridgehead atoms. The van der Waals surface area contributed by atoms with Crippen LogP contribution in [-0.4, -0.2) is 21.9 Å². The maximum Gasteiger partial charge on any atom is 0.296 e. The lowest BCUT2D eigenvalue weighted by atomic mass is 10.1. The molecule has 3 rings (SSSR count). The molecule has 0 unspecified atom stereocenters. The molecule has 0 aliphatic carbocycles. The zero-order chi connectivity index (χ0) is 21.5. The first kappa shape index (κ1) is 21.1. The van der Waals surface area contributed by atoms with Crippen LogP contribution in [0.4, 0.5) is 17.1 Å². The lowest BCUT2D eigenvalue weighted by Gasteiger charge is -2.10. The van der Waals surface area contributed by atoms with Crippen LogP contribution in [0.15, 0.2) is 51.5 Å². The largest absolute Gasteiger partial charge is 0.505 e. The molecule has 10 heteroatoms. The van der Waals surface area contributed by atoms with E-state index in [1.165, 1.54) is 18.2 Å². The van der Waals surface area contributed by atoms with Crippen LogP contribution in [0, 0.1) is 13.8 Å². The van der Waals surface area contributed by atoms with Gasteiger partial charge in [-0.1, -0.05) is 0 Å². The van der Waals surface area contributed by atoms with Crippen LogP contribution in [0.25, 0.3) is 10.8 Å². The molecule has 0 aromatic heterocycles. The summed E-state index contributed by atoms with van der Waals surface area (Å²) < 4.78 is 33.1. The Kier molecular flexibility index (Phi) is 5.61. The number of halogens is 1. The predicted molar refractivity (Wildman–Crippen MR) is 118 cm³/mol. The van der Waals surface area contributed by atoms with Gasteiger partial charge >= 0.3 is 0 Å². The van der Waals surface area contributed by atoms with E-state index in [2.05, 4.69) is 10.2 Å². The summed E-state index contributed by atoms with van der Waals surface area (Å²) in [5, 5.41) is 19.1. The summed E-state index contributed by atoms with van der Waals surface area (Å²) in [6.45, 7) is 3.67. The Bertz CT molecular complexity index is 1300. The van der Waals surface area contributed by atoms with Gasteiger partial charge in [-0.05, 0) is 66.8 Å². The second kappa shape index (κ2) is 7.69. The van der Waals surface area contributed by atoms with Crippen molar-refractivity contribution in [2.45, 2.75) is 18.7 Å². The molecule has 0 fully saturated rings. The maximum atomic E-state index is 11.9. The summed E-state index contributed by atoms with van der Waals surface area (Å²) in [6.07, 6.45) is 0. The number of anilines is 1. The average molecular weight is 525 g/mol. The van der Waals surface area contributed by atoms with Crippen molar-refractivity contribution in [2.75, 3.05) is 5.73 Å². The molecular formula is C19H16IN3O5S. The molecule has 3 aromatic carbocycles. The van der Waals surface area contributed by atoms with Crippen LogP contribution in [0.3, 0.4) is 0 Å². The Morgan fingerprint density at radius 1 is 1.07 bits per heavy atom. The highest BCUT2D eigenvalue weighted by Crippen LogP contribution is 2.42. The van der Waals surface area contributed by atoms with Crippen LogP contribution < -0.4 is 5.73 Å². The number of phenolic OH excluding ortho intramolecular Hbond substituents is 1. The van der Waals surface area contributed by atoms with Crippen LogP contribution >= 0.6 is 22.6 Å². The first-order chi connectivity index (χ1) is 13.5. The first-order valence-corrected chi connectivity index (χ1v) is 10.8. The van der Waals surface area contributed by atoms with E-state index in [1.807, 2.05) is 13.8 Å². The number of carbonyl (C=O) groups excluding carboxylic acids is 1. The highest BCUT2D eigenvalue weighted by atomic mass is 127. The average Bonchev–Trinajstić information content (AvgIpc) is 2.62. The van der Waals surface area contributed by atoms with Crippen molar-refractivity contribution in [1.82, 2.24) is 0 Å². The summed E-state index contributed by atoms with van der Waals surface area (Å²) in [6, 6.07) is 8.94. The van der Waals surface area contributed by atoms with Gasteiger partial charge in [0.15, 0.2) is 5.75 Å². The summed E-state index contributed by atoms with van der Waals surface area (Å²) in [7, 11) is -4.73. The molecule has 3 aromatic rings. The van der Waals surface area contributed by atoms with Gasteiger partial charge in [0.05, 0.1) is 11.3 Å². The van der Waals surface area contributed by atoms with Gasteiger partial charge in [0.25, 0.3) is 10.1 Å². The van der Waals surface area contributed by atoms with E-state index < -0.39 is 26.5 Å². The quantitative estimate of drug-likeness (QED) is 0.144. The van der Waals surface area contributed by atoms with Crippen molar-refractivity contribution in [3.05, 3.63) is 53.1 Å². The molecule has 0 saturated carbocycles. The van der Waals surface area contributed by atoms with Crippen LogP contribution in [-0.2, 0) is 10.1 Å². The smallest absolute Gasteiger partial charge is 0.296 e. The number of aryl methyl sites for hydroxylation is 2. The molecule has 0 aliphatic heterocycles. The highest BCUT2D eigenvalue weighted by Gasteiger charge is 2.22. The number of fused-ring (bicyclic) bond motifs is 1. The minimum Gasteiger partial charge on any atom is -0.505 e. The van der Waals surface area contributed by atoms with Gasteiger partial charge in [-0.2, -0.15) is 8.42 Å². The SMILES string of the molecule is Cc1cc(N=Nc2c(S(=O)(=O)O)cc3cc(N)ccc3c2O)c(C(=O)I)cc1C. The molecule has 150 valence electrons. The minimum atomic E-state index is -4.73. The molecule has 0 atom stereocenters. The molecular weight excluding hydrogens is 509 g/mol. The van der Waals surface area contributed by atoms with Crippen LogP contribution in [0.2, 0.25) is 0 Å². The van der Waals surface area contributed by atoms with Crippen molar-refractivity contribution in [2.24, 2.45) is 10.2 Å². The number of phenols is 1. The minimum absolute atomic E-state index is 0.214. The Morgan fingerprint density at radius 3 is 2.34 bits per heavy atom. The lowest BCUT2D eigenvalue weighted by Crippen LogP contribution is -1.99.